The quantitative estimate of drug-likeness (QED) is 0.747. The summed E-state index contributed by atoms with van der Waals surface area (Å²) >= 11 is 0. The number of carbonyl (C=O) groups excluding carboxylic acids is 1. The third-order valence-corrected chi connectivity index (χ3v) is 5.17. The van der Waals surface area contributed by atoms with Gasteiger partial charge in [0.1, 0.15) is 5.60 Å². The van der Waals surface area contributed by atoms with E-state index in [9.17, 15) is 4.79 Å². The van der Waals surface area contributed by atoms with Crippen molar-refractivity contribution in [1.82, 2.24) is 9.80 Å². The first kappa shape index (κ1) is 16.1. The molecule has 0 N–H and O–H groups in total. The van der Waals surface area contributed by atoms with E-state index in [1.54, 1.807) is 0 Å². The summed E-state index contributed by atoms with van der Waals surface area (Å²) in [7, 11) is 0. The zero-order valence-electron chi connectivity index (χ0n) is 14.3. The fourth-order valence-electron chi connectivity index (χ4n) is 3.93. The largest absolute Gasteiger partial charge is 0.444 e. The maximum Gasteiger partial charge on any atom is 0.410 e. The number of carbonyl (C=O) groups is 1. The van der Waals surface area contributed by atoms with Crippen molar-refractivity contribution in [2.75, 3.05) is 32.8 Å². The molecule has 3 aliphatic rings. The van der Waals surface area contributed by atoms with Gasteiger partial charge >= 0.3 is 6.09 Å². The molecule has 126 valence electrons. The van der Waals surface area contributed by atoms with Gasteiger partial charge < -0.3 is 14.4 Å². The fourth-order valence-corrected chi connectivity index (χ4v) is 3.93. The lowest BCUT2D eigenvalue weighted by molar-refractivity contribution is -0.0488. The normalized spacial score (nSPS) is 29.2. The molecule has 0 saturated carbocycles. The number of piperidine rings is 1. The van der Waals surface area contributed by atoms with Crippen LogP contribution in [0.1, 0.15) is 52.9 Å². The van der Waals surface area contributed by atoms with Crippen LogP contribution in [0.15, 0.2) is 0 Å². The smallest absolute Gasteiger partial charge is 0.410 e. The van der Waals surface area contributed by atoms with Crippen LogP contribution in [0.5, 0.6) is 0 Å². The highest BCUT2D eigenvalue weighted by atomic mass is 16.6. The summed E-state index contributed by atoms with van der Waals surface area (Å²) in [4.78, 5) is 16.6. The lowest BCUT2D eigenvalue weighted by Crippen LogP contribution is -2.48. The van der Waals surface area contributed by atoms with Gasteiger partial charge in [-0.25, -0.2) is 4.79 Å². The van der Waals surface area contributed by atoms with Crippen LogP contribution in [0, 0.1) is 0 Å². The van der Waals surface area contributed by atoms with Crippen molar-refractivity contribution >= 4 is 6.09 Å². The van der Waals surface area contributed by atoms with Crippen LogP contribution in [0.4, 0.5) is 4.79 Å². The number of hydrogen-bond donors (Lipinski definition) is 0. The molecule has 5 nitrogen and oxygen atoms in total. The van der Waals surface area contributed by atoms with Crippen molar-refractivity contribution in [2.24, 2.45) is 0 Å². The van der Waals surface area contributed by atoms with Gasteiger partial charge in [0, 0.05) is 19.1 Å². The molecule has 3 saturated heterocycles. The molecule has 0 aliphatic carbocycles. The van der Waals surface area contributed by atoms with E-state index in [0.29, 0.717) is 6.04 Å². The second kappa shape index (κ2) is 6.00. The third-order valence-electron chi connectivity index (χ3n) is 5.17. The Balaban J connectivity index is 1.50. The minimum absolute atomic E-state index is 0.00572. The summed E-state index contributed by atoms with van der Waals surface area (Å²) in [6.45, 7) is 10.6. The van der Waals surface area contributed by atoms with E-state index in [0.717, 1.165) is 39.0 Å². The molecule has 1 spiro atoms. The Labute approximate surface area is 133 Å². The number of amides is 1. The molecular weight excluding hydrogens is 280 g/mol. The van der Waals surface area contributed by atoms with Gasteiger partial charge in [0.05, 0.1) is 12.2 Å². The minimum Gasteiger partial charge on any atom is -0.444 e. The van der Waals surface area contributed by atoms with Crippen LogP contribution in [0.3, 0.4) is 0 Å². The summed E-state index contributed by atoms with van der Waals surface area (Å²) in [6, 6.07) is 0.593. The van der Waals surface area contributed by atoms with Gasteiger partial charge in [-0.3, -0.25) is 4.90 Å². The average Bonchev–Trinajstić information content (AvgIpc) is 3.07. The van der Waals surface area contributed by atoms with Crippen LogP contribution in [-0.4, -0.2) is 65.9 Å². The highest BCUT2D eigenvalue weighted by Gasteiger charge is 2.45. The van der Waals surface area contributed by atoms with Crippen LogP contribution in [0.2, 0.25) is 0 Å². The fraction of sp³-hybridized carbons (Fsp3) is 0.941. The van der Waals surface area contributed by atoms with Gasteiger partial charge in [0.2, 0.25) is 0 Å². The van der Waals surface area contributed by atoms with Gasteiger partial charge in [-0.15, -0.1) is 0 Å². The molecule has 1 atom stereocenters. The molecule has 3 fully saturated rings. The predicted molar refractivity (Wildman–Crippen MR) is 84.9 cm³/mol. The van der Waals surface area contributed by atoms with Crippen molar-refractivity contribution in [3.05, 3.63) is 0 Å². The topological polar surface area (TPSA) is 42.0 Å². The Morgan fingerprint density at radius 3 is 2.36 bits per heavy atom. The molecule has 3 heterocycles. The van der Waals surface area contributed by atoms with Crippen LogP contribution in [0.25, 0.3) is 0 Å². The molecule has 3 aliphatic heterocycles. The maximum atomic E-state index is 12.1. The van der Waals surface area contributed by atoms with Crippen LogP contribution < -0.4 is 0 Å². The summed E-state index contributed by atoms with van der Waals surface area (Å²) in [5, 5.41) is 0. The minimum atomic E-state index is -0.420. The molecule has 1 amide bonds. The first-order valence-corrected chi connectivity index (χ1v) is 8.73. The molecule has 0 aromatic carbocycles. The van der Waals surface area contributed by atoms with E-state index in [4.69, 9.17) is 9.47 Å². The maximum absolute atomic E-state index is 12.1. The van der Waals surface area contributed by atoms with Gasteiger partial charge in [-0.05, 0) is 66.0 Å². The third kappa shape index (κ3) is 3.57. The highest BCUT2D eigenvalue weighted by Crippen LogP contribution is 2.38. The Kier molecular flexibility index (Phi) is 4.38. The van der Waals surface area contributed by atoms with Crippen molar-refractivity contribution in [3.8, 4) is 0 Å². The first-order valence-electron chi connectivity index (χ1n) is 8.73. The van der Waals surface area contributed by atoms with Crippen LogP contribution >= 0.6 is 0 Å². The molecule has 3 rings (SSSR count). The molecular formula is C17H30N2O3. The summed E-state index contributed by atoms with van der Waals surface area (Å²) in [5.74, 6) is 0. The molecule has 0 radical (unpaired) electrons. The number of likely N-dealkylation sites (tertiary alicyclic amines) is 2. The lowest BCUT2D eigenvalue weighted by Gasteiger charge is -2.39. The Morgan fingerprint density at radius 1 is 1.14 bits per heavy atom. The van der Waals surface area contributed by atoms with Gasteiger partial charge in [-0.2, -0.15) is 0 Å². The zero-order chi connectivity index (χ0) is 15.8. The summed E-state index contributed by atoms with van der Waals surface area (Å²) in [5.41, 5.74) is -0.414. The van der Waals surface area contributed by atoms with E-state index < -0.39 is 5.60 Å². The van der Waals surface area contributed by atoms with E-state index in [1.807, 2.05) is 25.7 Å². The first-order chi connectivity index (χ1) is 10.4. The van der Waals surface area contributed by atoms with Gasteiger partial charge in [0.25, 0.3) is 0 Å². The summed E-state index contributed by atoms with van der Waals surface area (Å²) in [6.07, 6.45) is 5.49. The van der Waals surface area contributed by atoms with E-state index in [-0.39, 0.29) is 11.7 Å². The van der Waals surface area contributed by atoms with Gasteiger partial charge in [-0.1, -0.05) is 0 Å². The number of nitrogens with zero attached hydrogens (tertiary/aromatic N) is 2. The molecule has 0 bridgehead atoms. The molecule has 22 heavy (non-hydrogen) atoms. The van der Waals surface area contributed by atoms with E-state index in [2.05, 4.69) is 4.90 Å². The highest BCUT2D eigenvalue weighted by molar-refractivity contribution is 5.68. The molecule has 0 aromatic heterocycles. The molecule has 5 heteroatoms. The second-order valence-corrected chi connectivity index (χ2v) is 8.06. The predicted octanol–water partition coefficient (Wildman–Crippen LogP) is 2.64. The second-order valence-electron chi connectivity index (χ2n) is 8.06. The summed E-state index contributed by atoms with van der Waals surface area (Å²) < 4.78 is 11.7. The Morgan fingerprint density at radius 2 is 1.77 bits per heavy atom. The van der Waals surface area contributed by atoms with Crippen molar-refractivity contribution < 1.29 is 14.3 Å². The van der Waals surface area contributed by atoms with Crippen LogP contribution in [-0.2, 0) is 9.47 Å². The SMILES string of the molecule is CC(C)(C)OC(=O)N1CCC2(CC1)CC(N1CCCC1)CO2. The zero-order valence-corrected chi connectivity index (χ0v) is 14.3. The number of ether oxygens (including phenoxy) is 2. The Bertz CT molecular complexity index is 405. The Hall–Kier alpha value is -0.810. The van der Waals surface area contributed by atoms with Gasteiger partial charge in [0.15, 0.2) is 0 Å². The number of hydrogen-bond acceptors (Lipinski definition) is 4. The van der Waals surface area contributed by atoms with Crippen molar-refractivity contribution in [1.29, 1.82) is 0 Å². The average molecular weight is 310 g/mol. The van der Waals surface area contributed by atoms with Crippen molar-refractivity contribution in [2.45, 2.75) is 70.1 Å². The van der Waals surface area contributed by atoms with Crippen molar-refractivity contribution in [3.63, 3.8) is 0 Å². The van der Waals surface area contributed by atoms with E-state index >= 15 is 0 Å². The monoisotopic (exact) mass is 310 g/mol. The molecule has 1 unspecified atom stereocenters. The molecule has 0 aromatic rings. The lowest BCUT2D eigenvalue weighted by atomic mass is 9.87. The standard InChI is InChI=1S/C17H30N2O3/c1-16(2,3)22-15(20)19-10-6-17(7-11-19)12-14(13-21-17)18-8-4-5-9-18/h14H,4-13H2,1-3H3. The van der Waals surface area contributed by atoms with E-state index in [1.165, 1.54) is 25.9 Å². The number of rotatable bonds is 1.